The summed E-state index contributed by atoms with van der Waals surface area (Å²) >= 11 is 0. The molecular weight excluding hydrogens is 398 g/mol. The summed E-state index contributed by atoms with van der Waals surface area (Å²) in [5.74, 6) is 0.555. The molecule has 8 nitrogen and oxygen atoms in total. The molecule has 0 unspecified atom stereocenters. The first kappa shape index (κ1) is 22.6. The van der Waals surface area contributed by atoms with Gasteiger partial charge < -0.3 is 29.7 Å². The first-order valence-corrected chi connectivity index (χ1v) is 10.5. The molecule has 0 aliphatic carbocycles. The molecule has 1 fully saturated rings. The van der Waals surface area contributed by atoms with Crippen LogP contribution in [0.25, 0.3) is 0 Å². The first-order valence-electron chi connectivity index (χ1n) is 10.5. The molecule has 0 spiro atoms. The van der Waals surface area contributed by atoms with Crippen LogP contribution in [0.2, 0.25) is 0 Å². The van der Waals surface area contributed by atoms with Gasteiger partial charge in [0.05, 0.1) is 26.4 Å². The number of carbonyl (C=O) groups excluding carboxylic acids is 2. The van der Waals surface area contributed by atoms with E-state index in [0.29, 0.717) is 57.4 Å². The Morgan fingerprint density at radius 2 is 1.65 bits per heavy atom. The third kappa shape index (κ3) is 7.27. The quantitative estimate of drug-likeness (QED) is 0.567. The highest BCUT2D eigenvalue weighted by molar-refractivity contribution is 5.96. The molecule has 1 saturated heterocycles. The Morgan fingerprint density at radius 1 is 0.968 bits per heavy atom. The zero-order valence-corrected chi connectivity index (χ0v) is 17.8. The zero-order chi connectivity index (χ0) is 21.9. The van der Waals surface area contributed by atoms with Crippen LogP contribution in [-0.2, 0) is 14.3 Å². The third-order valence-corrected chi connectivity index (χ3v) is 4.72. The van der Waals surface area contributed by atoms with Gasteiger partial charge in [0.1, 0.15) is 12.4 Å². The minimum absolute atomic E-state index is 0.0202. The Balaban J connectivity index is 1.41. The van der Waals surface area contributed by atoms with Gasteiger partial charge in [0.15, 0.2) is 0 Å². The van der Waals surface area contributed by atoms with E-state index >= 15 is 0 Å². The zero-order valence-electron chi connectivity index (χ0n) is 17.8. The van der Waals surface area contributed by atoms with Crippen molar-refractivity contribution in [3.8, 4) is 5.75 Å². The van der Waals surface area contributed by atoms with Gasteiger partial charge in [-0.1, -0.05) is 0 Å². The largest absolute Gasteiger partial charge is 0.491 e. The summed E-state index contributed by atoms with van der Waals surface area (Å²) in [7, 11) is 0. The van der Waals surface area contributed by atoms with Gasteiger partial charge in [-0.2, -0.15) is 0 Å². The molecule has 0 radical (unpaired) electrons. The summed E-state index contributed by atoms with van der Waals surface area (Å²) in [6.45, 7) is 6.13. The minimum atomic E-state index is -0.177. The van der Waals surface area contributed by atoms with E-state index in [-0.39, 0.29) is 18.4 Å². The van der Waals surface area contributed by atoms with Crippen LogP contribution >= 0.6 is 0 Å². The average Bonchev–Trinajstić information content (AvgIpc) is 2.82. The molecule has 166 valence electrons. The Kier molecular flexibility index (Phi) is 8.69. The van der Waals surface area contributed by atoms with Crippen molar-refractivity contribution in [1.29, 1.82) is 0 Å². The van der Waals surface area contributed by atoms with Gasteiger partial charge in [0.25, 0.3) is 5.91 Å². The second kappa shape index (κ2) is 11.9. The second-order valence-corrected chi connectivity index (χ2v) is 6.95. The van der Waals surface area contributed by atoms with Crippen LogP contribution in [0, 0.1) is 0 Å². The van der Waals surface area contributed by atoms with Crippen molar-refractivity contribution < 1.29 is 23.8 Å². The fraction of sp³-hybridized carbons (Fsp3) is 0.391. The molecule has 0 saturated carbocycles. The van der Waals surface area contributed by atoms with Crippen molar-refractivity contribution in [3.63, 3.8) is 0 Å². The second-order valence-electron chi connectivity index (χ2n) is 6.95. The van der Waals surface area contributed by atoms with E-state index in [1.807, 2.05) is 31.2 Å². The molecule has 2 amide bonds. The van der Waals surface area contributed by atoms with Gasteiger partial charge in [-0.3, -0.25) is 9.59 Å². The SMILES string of the molecule is CCOCCOc1ccc(NCC(=O)Nc2ccc(C(=O)N3CCOCC3)cc2)cc1. The standard InChI is InChI=1S/C23H29N3O5/c1-2-29-15-16-31-21-9-7-19(8-10-21)24-17-22(27)25-20-5-3-18(4-6-20)23(28)26-11-13-30-14-12-26/h3-10,24H,2,11-17H2,1H3,(H,25,27). The number of hydrogen-bond donors (Lipinski definition) is 2. The minimum Gasteiger partial charge on any atom is -0.491 e. The van der Waals surface area contributed by atoms with Gasteiger partial charge in [0.2, 0.25) is 5.91 Å². The van der Waals surface area contributed by atoms with Crippen molar-refractivity contribution in [3.05, 3.63) is 54.1 Å². The Bertz CT molecular complexity index is 833. The van der Waals surface area contributed by atoms with Crippen LogP contribution in [0.4, 0.5) is 11.4 Å². The number of rotatable bonds is 10. The Morgan fingerprint density at radius 3 is 2.32 bits per heavy atom. The molecule has 2 aromatic rings. The van der Waals surface area contributed by atoms with Crippen LogP contribution in [0.5, 0.6) is 5.75 Å². The molecule has 31 heavy (non-hydrogen) atoms. The van der Waals surface area contributed by atoms with Crippen LogP contribution in [0.15, 0.2) is 48.5 Å². The summed E-state index contributed by atoms with van der Waals surface area (Å²) < 4.78 is 16.1. The van der Waals surface area contributed by atoms with E-state index in [9.17, 15) is 9.59 Å². The normalized spacial score (nSPS) is 13.5. The summed E-state index contributed by atoms with van der Waals surface area (Å²) in [6, 6.07) is 14.3. The van der Waals surface area contributed by atoms with Crippen LogP contribution in [0.3, 0.4) is 0 Å². The predicted molar refractivity (Wildman–Crippen MR) is 119 cm³/mol. The summed E-state index contributed by atoms with van der Waals surface area (Å²) in [6.07, 6.45) is 0. The van der Waals surface area contributed by atoms with E-state index < -0.39 is 0 Å². The monoisotopic (exact) mass is 427 g/mol. The molecule has 2 aromatic carbocycles. The third-order valence-electron chi connectivity index (χ3n) is 4.72. The molecule has 0 aromatic heterocycles. The van der Waals surface area contributed by atoms with E-state index in [0.717, 1.165) is 11.4 Å². The molecule has 8 heteroatoms. The van der Waals surface area contributed by atoms with Crippen LogP contribution in [0.1, 0.15) is 17.3 Å². The highest BCUT2D eigenvalue weighted by Crippen LogP contribution is 2.16. The molecule has 2 N–H and O–H groups in total. The maximum absolute atomic E-state index is 12.5. The van der Waals surface area contributed by atoms with Crippen molar-refractivity contribution in [2.24, 2.45) is 0 Å². The van der Waals surface area contributed by atoms with Crippen molar-refractivity contribution in [2.75, 3.05) is 63.3 Å². The lowest BCUT2D eigenvalue weighted by Crippen LogP contribution is -2.40. The van der Waals surface area contributed by atoms with E-state index in [4.69, 9.17) is 14.2 Å². The molecule has 0 bridgehead atoms. The van der Waals surface area contributed by atoms with E-state index in [2.05, 4.69) is 10.6 Å². The Hall–Kier alpha value is -3.10. The molecule has 1 aliphatic rings. The number of morpholine rings is 1. The van der Waals surface area contributed by atoms with Gasteiger partial charge in [0, 0.05) is 36.6 Å². The molecule has 0 atom stereocenters. The number of ether oxygens (including phenoxy) is 3. The Labute approximate surface area is 182 Å². The lowest BCUT2D eigenvalue weighted by Gasteiger charge is -2.26. The number of benzene rings is 2. The van der Waals surface area contributed by atoms with Gasteiger partial charge in [-0.25, -0.2) is 0 Å². The maximum atomic E-state index is 12.5. The number of amides is 2. The fourth-order valence-electron chi connectivity index (χ4n) is 3.06. The lowest BCUT2D eigenvalue weighted by molar-refractivity contribution is -0.114. The lowest BCUT2D eigenvalue weighted by atomic mass is 10.1. The van der Waals surface area contributed by atoms with Gasteiger partial charge in [-0.15, -0.1) is 0 Å². The highest BCUT2D eigenvalue weighted by Gasteiger charge is 2.18. The molecule has 1 aliphatic heterocycles. The van der Waals surface area contributed by atoms with Crippen molar-refractivity contribution >= 4 is 23.2 Å². The van der Waals surface area contributed by atoms with Crippen molar-refractivity contribution in [2.45, 2.75) is 6.92 Å². The average molecular weight is 428 g/mol. The topological polar surface area (TPSA) is 89.1 Å². The van der Waals surface area contributed by atoms with Crippen LogP contribution in [-0.4, -0.2) is 69.4 Å². The first-order chi connectivity index (χ1) is 15.2. The molecular formula is C23H29N3O5. The smallest absolute Gasteiger partial charge is 0.254 e. The maximum Gasteiger partial charge on any atom is 0.254 e. The summed E-state index contributed by atoms with van der Waals surface area (Å²) in [4.78, 5) is 26.5. The number of anilines is 2. The van der Waals surface area contributed by atoms with Gasteiger partial charge in [-0.05, 0) is 55.5 Å². The number of carbonyl (C=O) groups is 2. The predicted octanol–water partition coefficient (Wildman–Crippen LogP) is 2.62. The van der Waals surface area contributed by atoms with Crippen molar-refractivity contribution in [1.82, 2.24) is 4.90 Å². The number of nitrogens with one attached hydrogen (secondary N) is 2. The summed E-state index contributed by atoms with van der Waals surface area (Å²) in [5, 5.41) is 5.90. The highest BCUT2D eigenvalue weighted by atomic mass is 16.5. The van der Waals surface area contributed by atoms with Crippen LogP contribution < -0.4 is 15.4 Å². The summed E-state index contributed by atoms with van der Waals surface area (Å²) in [5.41, 5.74) is 2.06. The fourth-order valence-corrected chi connectivity index (χ4v) is 3.06. The number of hydrogen-bond acceptors (Lipinski definition) is 6. The number of nitrogens with zero attached hydrogens (tertiary/aromatic N) is 1. The van der Waals surface area contributed by atoms with E-state index in [1.54, 1.807) is 29.2 Å². The molecule has 3 rings (SSSR count). The van der Waals surface area contributed by atoms with E-state index in [1.165, 1.54) is 0 Å². The molecule has 1 heterocycles. The van der Waals surface area contributed by atoms with Gasteiger partial charge >= 0.3 is 0 Å².